The molecule has 0 radical (unpaired) electrons. The largest absolute Gasteiger partial charge is 0.301 e. The molecule has 0 fully saturated rings. The molecule has 0 atom stereocenters. The summed E-state index contributed by atoms with van der Waals surface area (Å²) in [6.45, 7) is 4.12. The summed E-state index contributed by atoms with van der Waals surface area (Å²) in [6, 6.07) is 13.7. The van der Waals surface area contributed by atoms with Gasteiger partial charge in [0.15, 0.2) is 5.13 Å². The number of hydrogen-bond donors (Lipinski definition) is 1. The number of fused-ring (bicyclic) bond motifs is 2. The van der Waals surface area contributed by atoms with Gasteiger partial charge in [0.2, 0.25) is 5.91 Å². The van der Waals surface area contributed by atoms with Gasteiger partial charge in [-0.05, 0) is 49.2 Å². The number of benzene rings is 2. The number of aryl methyl sites for hydroxylation is 2. The maximum absolute atomic E-state index is 12.3. The van der Waals surface area contributed by atoms with E-state index in [0.717, 1.165) is 37.3 Å². The standard InChI is InChI=1S/C20H16ClN3OS2/c1-11-4-3-5-14-12(2)8-18(24-19(11)14)26-10-17(25)23-20-22-15-7-6-13(21)9-16(15)27-20/h3-9H,10H2,1-2H3,(H,22,23,25). The Morgan fingerprint density at radius 1 is 1.15 bits per heavy atom. The minimum absolute atomic E-state index is 0.102. The topological polar surface area (TPSA) is 54.9 Å². The van der Waals surface area contributed by atoms with E-state index in [2.05, 4.69) is 36.3 Å². The van der Waals surface area contributed by atoms with Gasteiger partial charge in [0.05, 0.1) is 26.5 Å². The SMILES string of the molecule is Cc1cc(SCC(=O)Nc2nc3ccc(Cl)cc3s2)nc2c(C)cccc12. The van der Waals surface area contributed by atoms with Crippen LogP contribution in [0.2, 0.25) is 5.02 Å². The summed E-state index contributed by atoms with van der Waals surface area (Å²) in [7, 11) is 0. The van der Waals surface area contributed by atoms with Crippen molar-refractivity contribution in [3.63, 3.8) is 0 Å². The molecular formula is C20H16ClN3OS2. The smallest absolute Gasteiger partial charge is 0.236 e. The van der Waals surface area contributed by atoms with Gasteiger partial charge in [0.25, 0.3) is 0 Å². The number of aromatic nitrogens is 2. The van der Waals surface area contributed by atoms with Crippen LogP contribution in [0.25, 0.3) is 21.1 Å². The molecule has 2 heterocycles. The van der Waals surface area contributed by atoms with Crippen molar-refractivity contribution in [1.29, 1.82) is 0 Å². The third-order valence-electron chi connectivity index (χ3n) is 4.17. The number of para-hydroxylation sites is 1. The number of hydrogen-bond acceptors (Lipinski definition) is 5. The zero-order valence-electron chi connectivity index (χ0n) is 14.7. The highest BCUT2D eigenvalue weighted by atomic mass is 35.5. The van der Waals surface area contributed by atoms with Crippen molar-refractivity contribution in [3.05, 3.63) is 58.6 Å². The van der Waals surface area contributed by atoms with E-state index in [4.69, 9.17) is 16.6 Å². The first-order valence-corrected chi connectivity index (χ1v) is 10.5. The normalized spacial score (nSPS) is 11.2. The summed E-state index contributed by atoms with van der Waals surface area (Å²) >= 11 is 8.84. The Hall–Kier alpha value is -2.15. The number of carbonyl (C=O) groups excluding carboxylic acids is 1. The van der Waals surface area contributed by atoms with Crippen molar-refractivity contribution in [2.24, 2.45) is 0 Å². The van der Waals surface area contributed by atoms with Gasteiger partial charge < -0.3 is 5.32 Å². The third-order valence-corrected chi connectivity index (χ3v) is 6.25. The van der Waals surface area contributed by atoms with Crippen LogP contribution in [0, 0.1) is 13.8 Å². The van der Waals surface area contributed by atoms with E-state index in [0.29, 0.717) is 10.2 Å². The van der Waals surface area contributed by atoms with Crippen molar-refractivity contribution in [2.45, 2.75) is 18.9 Å². The third kappa shape index (κ3) is 3.93. The maximum Gasteiger partial charge on any atom is 0.236 e. The minimum Gasteiger partial charge on any atom is -0.301 e. The summed E-state index contributed by atoms with van der Waals surface area (Å²) in [5, 5.41) is 6.10. The van der Waals surface area contributed by atoms with Crippen LogP contribution < -0.4 is 5.32 Å². The van der Waals surface area contributed by atoms with Crippen LogP contribution in [0.1, 0.15) is 11.1 Å². The van der Waals surface area contributed by atoms with Crippen molar-refractivity contribution < 1.29 is 4.79 Å². The number of anilines is 1. The van der Waals surface area contributed by atoms with Gasteiger partial charge >= 0.3 is 0 Å². The fourth-order valence-corrected chi connectivity index (χ4v) is 4.78. The van der Waals surface area contributed by atoms with E-state index in [1.165, 1.54) is 23.1 Å². The van der Waals surface area contributed by atoms with Crippen molar-refractivity contribution in [2.75, 3.05) is 11.1 Å². The molecule has 0 aliphatic heterocycles. The summed E-state index contributed by atoms with van der Waals surface area (Å²) in [5.41, 5.74) is 4.11. The lowest BCUT2D eigenvalue weighted by Gasteiger charge is -2.08. The molecule has 4 nitrogen and oxygen atoms in total. The molecule has 136 valence electrons. The molecule has 4 aromatic rings. The zero-order valence-corrected chi connectivity index (χ0v) is 17.1. The highest BCUT2D eigenvalue weighted by Gasteiger charge is 2.11. The molecule has 1 N–H and O–H groups in total. The lowest BCUT2D eigenvalue weighted by Crippen LogP contribution is -2.13. The lowest BCUT2D eigenvalue weighted by atomic mass is 10.1. The molecule has 0 saturated carbocycles. The Bertz CT molecular complexity index is 1170. The predicted molar refractivity (Wildman–Crippen MR) is 115 cm³/mol. The van der Waals surface area contributed by atoms with Gasteiger partial charge in [-0.25, -0.2) is 9.97 Å². The Morgan fingerprint density at radius 3 is 2.85 bits per heavy atom. The second-order valence-corrected chi connectivity index (χ2v) is 8.68. The van der Waals surface area contributed by atoms with Crippen LogP contribution in [-0.2, 0) is 4.79 Å². The zero-order chi connectivity index (χ0) is 19.0. The molecule has 0 bridgehead atoms. The Morgan fingerprint density at radius 2 is 2.00 bits per heavy atom. The molecular weight excluding hydrogens is 398 g/mol. The van der Waals surface area contributed by atoms with E-state index in [-0.39, 0.29) is 11.7 Å². The fourth-order valence-electron chi connectivity index (χ4n) is 2.85. The van der Waals surface area contributed by atoms with Crippen LogP contribution in [0.5, 0.6) is 0 Å². The predicted octanol–water partition coefficient (Wildman–Crippen LogP) is 5.85. The van der Waals surface area contributed by atoms with E-state index in [9.17, 15) is 4.79 Å². The van der Waals surface area contributed by atoms with E-state index >= 15 is 0 Å². The molecule has 1 amide bonds. The number of halogens is 1. The Labute approximate surface area is 170 Å². The molecule has 2 aromatic carbocycles. The number of thioether (sulfide) groups is 1. The quantitative estimate of drug-likeness (QED) is 0.426. The summed E-state index contributed by atoms with van der Waals surface area (Å²) in [5.74, 6) is 0.176. The van der Waals surface area contributed by atoms with E-state index < -0.39 is 0 Å². The first-order valence-electron chi connectivity index (χ1n) is 8.35. The number of amides is 1. The molecule has 27 heavy (non-hydrogen) atoms. The minimum atomic E-state index is -0.102. The molecule has 0 aliphatic carbocycles. The monoisotopic (exact) mass is 413 g/mol. The summed E-state index contributed by atoms with van der Waals surface area (Å²) in [4.78, 5) is 21.5. The van der Waals surface area contributed by atoms with Crippen LogP contribution >= 0.6 is 34.7 Å². The van der Waals surface area contributed by atoms with Gasteiger partial charge in [-0.2, -0.15) is 0 Å². The number of rotatable bonds is 4. The first-order chi connectivity index (χ1) is 13.0. The molecule has 7 heteroatoms. The Balaban J connectivity index is 1.47. The number of thiazole rings is 1. The molecule has 0 saturated heterocycles. The number of nitrogens with zero attached hydrogens (tertiary/aromatic N) is 2. The molecule has 4 rings (SSSR count). The van der Waals surface area contributed by atoms with E-state index in [1.54, 1.807) is 6.07 Å². The van der Waals surface area contributed by atoms with Crippen LogP contribution in [0.4, 0.5) is 5.13 Å². The van der Waals surface area contributed by atoms with Crippen LogP contribution in [0.3, 0.4) is 0 Å². The Kier molecular flexibility index (Phi) is 5.04. The highest BCUT2D eigenvalue weighted by molar-refractivity contribution is 7.99. The fraction of sp³-hybridized carbons (Fsp3) is 0.150. The average molecular weight is 414 g/mol. The molecule has 2 aromatic heterocycles. The van der Waals surface area contributed by atoms with Gasteiger partial charge in [-0.1, -0.05) is 52.9 Å². The number of carbonyl (C=O) groups is 1. The lowest BCUT2D eigenvalue weighted by molar-refractivity contribution is -0.113. The molecule has 0 unspecified atom stereocenters. The number of pyridine rings is 1. The summed E-state index contributed by atoms with van der Waals surface area (Å²) < 4.78 is 0.952. The van der Waals surface area contributed by atoms with Crippen molar-refractivity contribution in [1.82, 2.24) is 9.97 Å². The van der Waals surface area contributed by atoms with Gasteiger partial charge in [-0.3, -0.25) is 4.79 Å². The second kappa shape index (κ2) is 7.46. The molecule has 0 spiro atoms. The van der Waals surface area contributed by atoms with Gasteiger partial charge in [0.1, 0.15) is 0 Å². The van der Waals surface area contributed by atoms with Crippen molar-refractivity contribution >= 4 is 66.9 Å². The maximum atomic E-state index is 12.3. The van der Waals surface area contributed by atoms with Crippen LogP contribution in [-0.4, -0.2) is 21.6 Å². The van der Waals surface area contributed by atoms with E-state index in [1.807, 2.05) is 24.3 Å². The molecule has 0 aliphatic rings. The van der Waals surface area contributed by atoms with Gasteiger partial charge in [0, 0.05) is 10.4 Å². The van der Waals surface area contributed by atoms with Crippen LogP contribution in [0.15, 0.2) is 47.5 Å². The highest BCUT2D eigenvalue weighted by Crippen LogP contribution is 2.29. The number of nitrogens with one attached hydrogen (secondary N) is 1. The van der Waals surface area contributed by atoms with Gasteiger partial charge in [-0.15, -0.1) is 0 Å². The second-order valence-electron chi connectivity index (χ2n) is 6.22. The van der Waals surface area contributed by atoms with Crippen molar-refractivity contribution in [3.8, 4) is 0 Å². The summed E-state index contributed by atoms with van der Waals surface area (Å²) in [6.07, 6.45) is 0. The first kappa shape index (κ1) is 18.2. The average Bonchev–Trinajstić information content (AvgIpc) is 3.02.